The van der Waals surface area contributed by atoms with Crippen molar-refractivity contribution in [1.82, 2.24) is 5.32 Å². The lowest BCUT2D eigenvalue weighted by Gasteiger charge is -2.22. The molecular weight excluding hydrogens is 378 g/mol. The number of nitrogens with two attached hydrogens (primary N) is 1. The van der Waals surface area contributed by atoms with Crippen LogP contribution in [-0.2, 0) is 14.8 Å². The van der Waals surface area contributed by atoms with Gasteiger partial charge in [-0.2, -0.15) is 0 Å². The second-order valence-electron chi connectivity index (χ2n) is 7.02. The van der Waals surface area contributed by atoms with Crippen molar-refractivity contribution < 1.29 is 18.0 Å². The summed E-state index contributed by atoms with van der Waals surface area (Å²) in [6.45, 7) is 7.06. The van der Waals surface area contributed by atoms with Crippen LogP contribution in [0.5, 0.6) is 0 Å². The van der Waals surface area contributed by atoms with E-state index in [9.17, 15) is 18.0 Å². The zero-order chi connectivity index (χ0) is 21.1. The Balaban J connectivity index is 2.22. The Kier molecular flexibility index (Phi) is 6.58. The van der Waals surface area contributed by atoms with Gasteiger partial charge in [0.15, 0.2) is 0 Å². The summed E-state index contributed by atoms with van der Waals surface area (Å²) in [6.07, 6.45) is 0. The van der Waals surface area contributed by atoms with Crippen LogP contribution >= 0.6 is 0 Å². The Morgan fingerprint density at radius 1 is 1.00 bits per heavy atom. The number of nitrogens with one attached hydrogen (secondary N) is 2. The molecule has 2 aromatic carbocycles. The van der Waals surface area contributed by atoms with Crippen molar-refractivity contribution in [2.75, 3.05) is 5.32 Å². The molecule has 2 amide bonds. The number of benzene rings is 2. The van der Waals surface area contributed by atoms with Gasteiger partial charge >= 0.3 is 0 Å². The molecule has 0 bridgehead atoms. The standard InChI is InChI=1S/C20H25N3O4S/c1-12(2)18(23-19(24)16-8-6-5-7-13(16)3)20(25)22-15-10-9-14(4)17(11-15)28(21,26)27/h5-12,18H,1-4H3,(H,22,25)(H,23,24)(H2,21,26,27)/t18-/m0/s1. The van der Waals surface area contributed by atoms with Crippen LogP contribution in [-0.4, -0.2) is 26.3 Å². The van der Waals surface area contributed by atoms with Crippen LogP contribution in [0.2, 0.25) is 0 Å². The highest BCUT2D eigenvalue weighted by Gasteiger charge is 2.25. The fraction of sp³-hybridized carbons (Fsp3) is 0.300. The Labute approximate surface area is 165 Å². The minimum atomic E-state index is -3.91. The lowest BCUT2D eigenvalue weighted by molar-refractivity contribution is -0.118. The molecule has 0 unspecified atom stereocenters. The number of hydrogen-bond acceptors (Lipinski definition) is 4. The van der Waals surface area contributed by atoms with E-state index in [0.29, 0.717) is 11.1 Å². The number of carbonyl (C=O) groups excluding carboxylic acids is 2. The van der Waals surface area contributed by atoms with Crippen molar-refractivity contribution in [2.45, 2.75) is 38.6 Å². The average Bonchev–Trinajstić information content (AvgIpc) is 2.60. The molecule has 0 spiro atoms. The Bertz CT molecular complexity index is 1000. The molecule has 0 aliphatic rings. The van der Waals surface area contributed by atoms with Crippen LogP contribution < -0.4 is 15.8 Å². The van der Waals surface area contributed by atoms with E-state index in [1.807, 2.05) is 32.9 Å². The second-order valence-corrected chi connectivity index (χ2v) is 8.55. The monoisotopic (exact) mass is 403 g/mol. The van der Waals surface area contributed by atoms with Crippen molar-refractivity contribution in [3.63, 3.8) is 0 Å². The molecule has 28 heavy (non-hydrogen) atoms. The van der Waals surface area contributed by atoms with Crippen molar-refractivity contribution in [1.29, 1.82) is 0 Å². The predicted molar refractivity (Wildman–Crippen MR) is 108 cm³/mol. The summed E-state index contributed by atoms with van der Waals surface area (Å²) in [5.74, 6) is -0.974. The zero-order valence-corrected chi connectivity index (χ0v) is 17.1. The highest BCUT2D eigenvalue weighted by molar-refractivity contribution is 7.89. The van der Waals surface area contributed by atoms with E-state index < -0.39 is 22.0 Å². The summed E-state index contributed by atoms with van der Waals surface area (Å²) in [5.41, 5.74) is 2.07. The molecule has 0 aliphatic carbocycles. The van der Waals surface area contributed by atoms with E-state index in [1.165, 1.54) is 6.07 Å². The molecule has 150 valence electrons. The van der Waals surface area contributed by atoms with Crippen molar-refractivity contribution in [3.05, 3.63) is 59.2 Å². The summed E-state index contributed by atoms with van der Waals surface area (Å²) in [4.78, 5) is 25.3. The van der Waals surface area contributed by atoms with Crippen LogP contribution in [0.25, 0.3) is 0 Å². The number of carbonyl (C=O) groups is 2. The molecule has 0 fully saturated rings. The van der Waals surface area contributed by atoms with Crippen LogP contribution in [0.3, 0.4) is 0 Å². The smallest absolute Gasteiger partial charge is 0.252 e. The number of rotatable bonds is 6. The van der Waals surface area contributed by atoms with Gasteiger partial charge in [0.1, 0.15) is 6.04 Å². The van der Waals surface area contributed by atoms with E-state index in [2.05, 4.69) is 10.6 Å². The first kappa shape index (κ1) is 21.6. The van der Waals surface area contributed by atoms with E-state index in [1.54, 1.807) is 31.2 Å². The first-order chi connectivity index (χ1) is 13.0. The van der Waals surface area contributed by atoms with Crippen LogP contribution in [0.15, 0.2) is 47.4 Å². The number of amides is 2. The van der Waals surface area contributed by atoms with Gasteiger partial charge in [-0.25, -0.2) is 13.6 Å². The van der Waals surface area contributed by atoms with Crippen molar-refractivity contribution in [2.24, 2.45) is 11.1 Å². The molecule has 4 N–H and O–H groups in total. The molecule has 0 radical (unpaired) electrons. The summed E-state index contributed by atoms with van der Waals surface area (Å²) < 4.78 is 23.4. The highest BCUT2D eigenvalue weighted by atomic mass is 32.2. The highest BCUT2D eigenvalue weighted by Crippen LogP contribution is 2.20. The van der Waals surface area contributed by atoms with Gasteiger partial charge in [-0.1, -0.05) is 38.1 Å². The Morgan fingerprint density at radius 3 is 2.21 bits per heavy atom. The number of sulfonamides is 1. The summed E-state index contributed by atoms with van der Waals surface area (Å²) in [7, 11) is -3.91. The van der Waals surface area contributed by atoms with E-state index in [-0.39, 0.29) is 22.4 Å². The molecule has 2 rings (SSSR count). The molecule has 8 heteroatoms. The molecular formula is C20H25N3O4S. The average molecular weight is 404 g/mol. The first-order valence-corrected chi connectivity index (χ1v) is 10.4. The molecule has 0 saturated heterocycles. The Hall–Kier alpha value is -2.71. The predicted octanol–water partition coefficient (Wildman–Crippen LogP) is 2.34. The third-order valence-electron chi connectivity index (χ3n) is 4.39. The quantitative estimate of drug-likeness (QED) is 0.686. The summed E-state index contributed by atoms with van der Waals surface area (Å²) >= 11 is 0. The molecule has 2 aromatic rings. The molecule has 0 aromatic heterocycles. The van der Waals surface area contributed by atoms with Crippen molar-refractivity contribution >= 4 is 27.5 Å². The number of aryl methyl sites for hydroxylation is 2. The van der Waals surface area contributed by atoms with Gasteiger partial charge in [-0.05, 0) is 49.1 Å². The van der Waals surface area contributed by atoms with Crippen LogP contribution in [0, 0.1) is 19.8 Å². The number of anilines is 1. The summed E-state index contributed by atoms with van der Waals surface area (Å²) in [6, 6.07) is 10.8. The third-order valence-corrected chi connectivity index (χ3v) is 5.44. The maximum atomic E-state index is 12.7. The maximum absolute atomic E-state index is 12.7. The number of hydrogen-bond donors (Lipinski definition) is 3. The minimum absolute atomic E-state index is 0.0599. The van der Waals surface area contributed by atoms with Gasteiger partial charge in [0.05, 0.1) is 4.90 Å². The van der Waals surface area contributed by atoms with Gasteiger partial charge in [-0.3, -0.25) is 9.59 Å². The fourth-order valence-electron chi connectivity index (χ4n) is 2.79. The largest absolute Gasteiger partial charge is 0.340 e. The van der Waals surface area contributed by atoms with Crippen LogP contribution in [0.4, 0.5) is 5.69 Å². The van der Waals surface area contributed by atoms with Gasteiger partial charge in [0.25, 0.3) is 5.91 Å². The van der Waals surface area contributed by atoms with Gasteiger partial charge in [0, 0.05) is 11.3 Å². The zero-order valence-electron chi connectivity index (χ0n) is 16.3. The third kappa shape index (κ3) is 5.17. The molecule has 7 nitrogen and oxygen atoms in total. The molecule has 1 atom stereocenters. The lowest BCUT2D eigenvalue weighted by Crippen LogP contribution is -2.47. The molecule has 0 heterocycles. The molecule has 0 aliphatic heterocycles. The lowest BCUT2D eigenvalue weighted by atomic mass is 10.0. The first-order valence-electron chi connectivity index (χ1n) is 8.81. The van der Waals surface area contributed by atoms with Gasteiger partial charge in [-0.15, -0.1) is 0 Å². The second kappa shape index (κ2) is 8.53. The number of primary sulfonamides is 1. The Morgan fingerprint density at radius 2 is 1.64 bits per heavy atom. The van der Waals surface area contributed by atoms with E-state index in [0.717, 1.165) is 5.56 Å². The topological polar surface area (TPSA) is 118 Å². The minimum Gasteiger partial charge on any atom is -0.340 e. The van der Waals surface area contributed by atoms with Crippen molar-refractivity contribution in [3.8, 4) is 0 Å². The normalized spacial score (nSPS) is 12.5. The maximum Gasteiger partial charge on any atom is 0.252 e. The van der Waals surface area contributed by atoms with Gasteiger partial charge < -0.3 is 10.6 Å². The van der Waals surface area contributed by atoms with Crippen LogP contribution in [0.1, 0.15) is 35.3 Å². The van der Waals surface area contributed by atoms with E-state index >= 15 is 0 Å². The molecule has 0 saturated carbocycles. The summed E-state index contributed by atoms with van der Waals surface area (Å²) in [5, 5.41) is 10.6. The fourth-order valence-corrected chi connectivity index (χ4v) is 3.59. The SMILES string of the molecule is Cc1ccccc1C(=O)N[C@H](C(=O)Nc1ccc(C)c(S(N)(=O)=O)c1)C(C)C. The van der Waals surface area contributed by atoms with Gasteiger partial charge in [0.2, 0.25) is 15.9 Å². The van der Waals surface area contributed by atoms with E-state index in [4.69, 9.17) is 5.14 Å².